The molecule has 4 rings (SSSR count). The van der Waals surface area contributed by atoms with Crippen LogP contribution in [0, 0.1) is 11.3 Å². The fourth-order valence-corrected chi connectivity index (χ4v) is 3.25. The van der Waals surface area contributed by atoms with Gasteiger partial charge in [-0.05, 0) is 48.9 Å². The van der Waals surface area contributed by atoms with Crippen molar-refractivity contribution in [1.82, 2.24) is 19.7 Å². The Morgan fingerprint density at radius 3 is 2.61 bits per heavy atom. The average Bonchev–Trinajstić information content (AvgIpc) is 3.37. The normalized spacial score (nSPS) is 13.7. The van der Waals surface area contributed by atoms with Crippen molar-refractivity contribution < 1.29 is 0 Å². The molecule has 1 aromatic carbocycles. The number of hydrogen-bond acceptors (Lipinski definition) is 5. The highest BCUT2D eigenvalue weighted by Crippen LogP contribution is 2.41. The van der Waals surface area contributed by atoms with E-state index in [-0.39, 0.29) is 0 Å². The lowest BCUT2D eigenvalue weighted by Gasteiger charge is -2.09. The minimum absolute atomic E-state index is 0.406. The highest BCUT2D eigenvalue weighted by Gasteiger charge is 2.31. The first-order valence-electron chi connectivity index (χ1n) is 7.41. The lowest BCUT2D eigenvalue weighted by molar-refractivity contribution is 0.828. The van der Waals surface area contributed by atoms with Crippen LogP contribution in [0.1, 0.15) is 30.3 Å². The number of aromatic nitrogens is 4. The standard InChI is InChI=1S/C17H13N5S/c18-11-13-5-4-8-15(19-13)23-17-21-20-16(12-9-10-12)22(17)14-6-2-1-3-7-14/h1-8,12H,9-10H2. The first kappa shape index (κ1) is 14.0. The van der Waals surface area contributed by atoms with Gasteiger partial charge in [0.1, 0.15) is 22.6 Å². The molecule has 0 N–H and O–H groups in total. The Balaban J connectivity index is 1.75. The van der Waals surface area contributed by atoms with Gasteiger partial charge < -0.3 is 0 Å². The Bertz CT molecular complexity index is 877. The van der Waals surface area contributed by atoms with Crippen LogP contribution in [0.3, 0.4) is 0 Å². The van der Waals surface area contributed by atoms with Gasteiger partial charge in [0.2, 0.25) is 5.16 Å². The third-order valence-corrected chi connectivity index (χ3v) is 4.53. The van der Waals surface area contributed by atoms with E-state index in [1.807, 2.05) is 30.3 Å². The van der Waals surface area contributed by atoms with E-state index < -0.39 is 0 Å². The maximum Gasteiger partial charge on any atom is 0.202 e. The van der Waals surface area contributed by atoms with Crippen molar-refractivity contribution in [3.8, 4) is 11.8 Å². The van der Waals surface area contributed by atoms with E-state index in [9.17, 15) is 0 Å². The molecule has 0 bridgehead atoms. The minimum Gasteiger partial charge on any atom is -0.273 e. The molecule has 0 radical (unpaired) electrons. The van der Waals surface area contributed by atoms with E-state index in [0.29, 0.717) is 11.6 Å². The summed E-state index contributed by atoms with van der Waals surface area (Å²) < 4.78 is 2.10. The number of nitrogens with zero attached hydrogens (tertiary/aromatic N) is 5. The van der Waals surface area contributed by atoms with Gasteiger partial charge in [-0.15, -0.1) is 10.2 Å². The maximum absolute atomic E-state index is 8.99. The van der Waals surface area contributed by atoms with Gasteiger partial charge in [0.05, 0.1) is 0 Å². The Morgan fingerprint density at radius 2 is 1.87 bits per heavy atom. The number of hydrogen-bond donors (Lipinski definition) is 0. The van der Waals surface area contributed by atoms with Crippen LogP contribution >= 0.6 is 11.8 Å². The number of pyridine rings is 1. The van der Waals surface area contributed by atoms with E-state index in [2.05, 4.69) is 38.0 Å². The van der Waals surface area contributed by atoms with Gasteiger partial charge in [-0.25, -0.2) is 4.98 Å². The van der Waals surface area contributed by atoms with Crippen molar-refractivity contribution >= 4 is 11.8 Å². The molecule has 0 amide bonds. The van der Waals surface area contributed by atoms with E-state index in [4.69, 9.17) is 5.26 Å². The predicted molar refractivity (Wildman–Crippen MR) is 86.4 cm³/mol. The molecule has 0 saturated heterocycles. The summed E-state index contributed by atoms with van der Waals surface area (Å²) in [6, 6.07) is 17.6. The largest absolute Gasteiger partial charge is 0.273 e. The van der Waals surface area contributed by atoms with Crippen LogP contribution in [0.25, 0.3) is 5.69 Å². The number of para-hydroxylation sites is 1. The van der Waals surface area contributed by atoms with Crippen molar-refractivity contribution in [2.24, 2.45) is 0 Å². The second-order valence-electron chi connectivity index (χ2n) is 5.36. The summed E-state index contributed by atoms with van der Waals surface area (Å²) in [7, 11) is 0. The Kier molecular flexibility index (Phi) is 3.56. The van der Waals surface area contributed by atoms with Gasteiger partial charge in [-0.1, -0.05) is 24.3 Å². The third kappa shape index (κ3) is 2.83. The molecule has 5 nitrogen and oxygen atoms in total. The van der Waals surface area contributed by atoms with E-state index >= 15 is 0 Å². The molecule has 0 atom stereocenters. The lowest BCUT2D eigenvalue weighted by Crippen LogP contribution is -2.01. The van der Waals surface area contributed by atoms with Crippen molar-refractivity contribution in [3.63, 3.8) is 0 Å². The SMILES string of the molecule is N#Cc1cccc(Sc2nnc(C3CC3)n2-c2ccccc2)n1. The smallest absolute Gasteiger partial charge is 0.202 e. The Labute approximate surface area is 138 Å². The highest BCUT2D eigenvalue weighted by atomic mass is 32.2. The zero-order valence-corrected chi connectivity index (χ0v) is 13.1. The van der Waals surface area contributed by atoms with Gasteiger partial charge >= 0.3 is 0 Å². The molecule has 1 fully saturated rings. The third-order valence-electron chi connectivity index (χ3n) is 3.65. The van der Waals surface area contributed by atoms with Crippen molar-refractivity contribution in [2.45, 2.75) is 28.9 Å². The fourth-order valence-electron chi connectivity index (χ4n) is 2.40. The van der Waals surface area contributed by atoms with Crippen LogP contribution in [0.5, 0.6) is 0 Å². The van der Waals surface area contributed by atoms with Crippen LogP contribution in [-0.2, 0) is 0 Å². The molecule has 2 aromatic heterocycles. The van der Waals surface area contributed by atoms with Gasteiger partial charge in [0.15, 0.2) is 0 Å². The van der Waals surface area contributed by atoms with Crippen LogP contribution in [0.15, 0.2) is 58.7 Å². The second kappa shape index (κ2) is 5.86. The summed E-state index contributed by atoms with van der Waals surface area (Å²) in [6.07, 6.45) is 2.33. The zero-order chi connectivity index (χ0) is 15.6. The molecule has 0 spiro atoms. The molecule has 3 aromatic rings. The molecule has 23 heavy (non-hydrogen) atoms. The molecule has 0 unspecified atom stereocenters. The first-order valence-corrected chi connectivity index (χ1v) is 8.22. The number of rotatable bonds is 4. The fraction of sp³-hybridized carbons (Fsp3) is 0.176. The monoisotopic (exact) mass is 319 g/mol. The second-order valence-corrected chi connectivity index (χ2v) is 6.35. The number of benzene rings is 1. The molecule has 6 heteroatoms. The summed E-state index contributed by atoms with van der Waals surface area (Å²) in [5, 5.41) is 19.3. The average molecular weight is 319 g/mol. The van der Waals surface area contributed by atoms with Crippen LogP contribution in [0.2, 0.25) is 0 Å². The van der Waals surface area contributed by atoms with Gasteiger partial charge in [-0.3, -0.25) is 4.57 Å². The van der Waals surface area contributed by atoms with Crippen molar-refractivity contribution in [1.29, 1.82) is 5.26 Å². The topological polar surface area (TPSA) is 67.4 Å². The minimum atomic E-state index is 0.406. The molecular weight excluding hydrogens is 306 g/mol. The lowest BCUT2D eigenvalue weighted by atomic mass is 10.3. The quantitative estimate of drug-likeness (QED) is 0.735. The van der Waals surface area contributed by atoms with Crippen LogP contribution < -0.4 is 0 Å². The summed E-state index contributed by atoms with van der Waals surface area (Å²) in [5.74, 6) is 1.51. The van der Waals surface area contributed by atoms with Crippen molar-refractivity contribution in [3.05, 3.63) is 60.0 Å². The van der Waals surface area contributed by atoms with Gasteiger partial charge in [-0.2, -0.15) is 5.26 Å². The van der Waals surface area contributed by atoms with E-state index in [1.165, 1.54) is 11.8 Å². The molecule has 1 saturated carbocycles. The van der Waals surface area contributed by atoms with Crippen molar-refractivity contribution in [2.75, 3.05) is 0 Å². The van der Waals surface area contributed by atoms with E-state index in [0.717, 1.165) is 34.5 Å². The molecule has 1 aliphatic rings. The molecule has 0 aliphatic heterocycles. The summed E-state index contributed by atoms with van der Waals surface area (Å²) in [6.45, 7) is 0. The Morgan fingerprint density at radius 1 is 1.04 bits per heavy atom. The molecule has 1 aliphatic carbocycles. The summed E-state index contributed by atoms with van der Waals surface area (Å²) in [5.41, 5.74) is 1.46. The highest BCUT2D eigenvalue weighted by molar-refractivity contribution is 7.99. The summed E-state index contributed by atoms with van der Waals surface area (Å²) >= 11 is 1.43. The zero-order valence-electron chi connectivity index (χ0n) is 12.3. The molecule has 112 valence electrons. The number of nitriles is 1. The van der Waals surface area contributed by atoms with Crippen LogP contribution in [-0.4, -0.2) is 19.7 Å². The molecular formula is C17H13N5S. The first-order chi connectivity index (χ1) is 11.3. The Hall–Kier alpha value is -2.65. The summed E-state index contributed by atoms with van der Waals surface area (Å²) in [4.78, 5) is 4.31. The van der Waals surface area contributed by atoms with E-state index in [1.54, 1.807) is 6.07 Å². The molecule has 2 heterocycles. The maximum atomic E-state index is 8.99. The van der Waals surface area contributed by atoms with Gasteiger partial charge in [0.25, 0.3) is 0 Å². The van der Waals surface area contributed by atoms with Gasteiger partial charge in [0, 0.05) is 11.6 Å². The predicted octanol–water partition coefficient (Wildman–Crippen LogP) is 3.56. The van der Waals surface area contributed by atoms with Crippen LogP contribution in [0.4, 0.5) is 0 Å².